The van der Waals surface area contributed by atoms with Gasteiger partial charge in [-0.1, -0.05) is 12.8 Å². The quantitative estimate of drug-likeness (QED) is 0.485. The second-order valence-corrected chi connectivity index (χ2v) is 10.3. The first kappa shape index (κ1) is 22.2. The van der Waals surface area contributed by atoms with E-state index in [-0.39, 0.29) is 11.5 Å². The number of likely N-dealkylation sites (tertiary alicyclic amines) is 1. The van der Waals surface area contributed by atoms with Crippen LogP contribution in [-0.4, -0.2) is 97.2 Å². The highest BCUT2D eigenvalue weighted by Gasteiger charge is 2.41. The molecule has 4 aliphatic rings. The zero-order valence-electron chi connectivity index (χ0n) is 18.5. The maximum Gasteiger partial charge on any atom is 0.225 e. The van der Waals surface area contributed by atoms with Crippen molar-refractivity contribution < 1.29 is 9.53 Å². The van der Waals surface area contributed by atoms with Gasteiger partial charge in [-0.3, -0.25) is 14.7 Å². The number of rotatable bonds is 6. The lowest BCUT2D eigenvalue weighted by Crippen LogP contribution is -2.56. The Morgan fingerprint density at radius 1 is 1.20 bits per heavy atom. The molecule has 2 atom stereocenters. The number of nitrogens with one attached hydrogen (secondary N) is 2. The third-order valence-electron chi connectivity index (χ3n) is 7.19. The Kier molecular flexibility index (Phi) is 7.81. The van der Waals surface area contributed by atoms with Crippen molar-refractivity contribution in [1.29, 1.82) is 0 Å². The monoisotopic (exact) mass is 437 g/mol. The van der Waals surface area contributed by atoms with Gasteiger partial charge in [0.2, 0.25) is 5.91 Å². The molecule has 0 bridgehead atoms. The van der Waals surface area contributed by atoms with E-state index in [4.69, 9.17) is 9.73 Å². The van der Waals surface area contributed by atoms with Crippen LogP contribution in [0.4, 0.5) is 0 Å². The molecule has 3 heterocycles. The maximum atomic E-state index is 12.8. The summed E-state index contributed by atoms with van der Waals surface area (Å²) in [7, 11) is 0. The van der Waals surface area contributed by atoms with Gasteiger partial charge < -0.3 is 20.3 Å². The molecule has 1 aliphatic carbocycles. The number of aliphatic imine (C=N–C) groups is 1. The SMILES string of the molecule is CCNC(=NCC1(N2CCOCC2)CCSC1)NC1CCN(C(=O)C2CCCC2)C1. The molecule has 1 amide bonds. The van der Waals surface area contributed by atoms with E-state index in [1.54, 1.807) is 0 Å². The number of amides is 1. The summed E-state index contributed by atoms with van der Waals surface area (Å²) in [6.45, 7) is 9.18. The molecular formula is C22H39N5O2S. The fourth-order valence-corrected chi connectivity index (χ4v) is 6.82. The minimum Gasteiger partial charge on any atom is -0.379 e. The highest BCUT2D eigenvalue weighted by Crippen LogP contribution is 2.34. The van der Waals surface area contributed by atoms with E-state index in [0.717, 1.165) is 83.5 Å². The van der Waals surface area contributed by atoms with E-state index in [2.05, 4.69) is 39.1 Å². The van der Waals surface area contributed by atoms with Gasteiger partial charge in [-0.15, -0.1) is 0 Å². The molecule has 2 unspecified atom stereocenters. The third-order valence-corrected chi connectivity index (χ3v) is 8.42. The van der Waals surface area contributed by atoms with Gasteiger partial charge in [0.05, 0.1) is 25.3 Å². The molecule has 2 N–H and O–H groups in total. The number of carbonyl (C=O) groups excluding carboxylic acids is 1. The molecule has 4 fully saturated rings. The first-order chi connectivity index (χ1) is 14.7. The predicted octanol–water partition coefficient (Wildman–Crippen LogP) is 1.54. The minimum atomic E-state index is 0.164. The Morgan fingerprint density at radius 2 is 2.00 bits per heavy atom. The molecular weight excluding hydrogens is 398 g/mol. The fraction of sp³-hybridized carbons (Fsp3) is 0.909. The van der Waals surface area contributed by atoms with E-state index in [1.807, 2.05) is 0 Å². The van der Waals surface area contributed by atoms with E-state index >= 15 is 0 Å². The van der Waals surface area contributed by atoms with Crippen molar-refractivity contribution in [1.82, 2.24) is 20.4 Å². The van der Waals surface area contributed by atoms with Gasteiger partial charge in [0, 0.05) is 50.4 Å². The second-order valence-electron chi connectivity index (χ2n) is 9.22. The van der Waals surface area contributed by atoms with Gasteiger partial charge in [-0.2, -0.15) is 11.8 Å². The number of morpholine rings is 1. The normalized spacial score (nSPS) is 31.4. The first-order valence-corrected chi connectivity index (χ1v) is 13.1. The van der Waals surface area contributed by atoms with Crippen LogP contribution in [0.3, 0.4) is 0 Å². The summed E-state index contributed by atoms with van der Waals surface area (Å²) in [5, 5.41) is 7.07. The van der Waals surface area contributed by atoms with Crippen LogP contribution in [0.25, 0.3) is 0 Å². The van der Waals surface area contributed by atoms with E-state index in [1.165, 1.54) is 25.0 Å². The summed E-state index contributed by atoms with van der Waals surface area (Å²) in [5.74, 6) is 3.94. The predicted molar refractivity (Wildman–Crippen MR) is 123 cm³/mol. The average Bonchev–Trinajstić information content (AvgIpc) is 3.55. The van der Waals surface area contributed by atoms with Crippen LogP contribution >= 0.6 is 11.8 Å². The van der Waals surface area contributed by atoms with Crippen LogP contribution in [-0.2, 0) is 9.53 Å². The molecule has 8 heteroatoms. The van der Waals surface area contributed by atoms with Crippen LogP contribution in [0.5, 0.6) is 0 Å². The summed E-state index contributed by atoms with van der Waals surface area (Å²) in [6, 6.07) is 0.297. The van der Waals surface area contributed by atoms with Crippen molar-refractivity contribution in [2.24, 2.45) is 10.9 Å². The van der Waals surface area contributed by atoms with Crippen molar-refractivity contribution in [2.75, 3.05) is 64.0 Å². The molecule has 0 aromatic heterocycles. The lowest BCUT2D eigenvalue weighted by molar-refractivity contribution is -0.134. The Hall–Kier alpha value is -0.990. The Bertz CT molecular complexity index is 598. The van der Waals surface area contributed by atoms with Gasteiger partial charge in [0.15, 0.2) is 5.96 Å². The van der Waals surface area contributed by atoms with Crippen LogP contribution in [0, 0.1) is 5.92 Å². The number of carbonyl (C=O) groups is 1. The second kappa shape index (κ2) is 10.6. The van der Waals surface area contributed by atoms with Gasteiger partial charge in [0.25, 0.3) is 0 Å². The summed E-state index contributed by atoms with van der Waals surface area (Å²) in [6.07, 6.45) is 6.80. The fourth-order valence-electron chi connectivity index (χ4n) is 5.36. The standard InChI is InChI=1S/C22H39N5O2S/c1-2-23-21(24-16-22(8-14-30-17-22)27-10-12-29-13-11-27)25-19-7-9-26(15-19)20(28)18-5-3-4-6-18/h18-19H,2-17H2,1H3,(H2,23,24,25). The maximum absolute atomic E-state index is 12.8. The Morgan fingerprint density at radius 3 is 2.70 bits per heavy atom. The summed E-state index contributed by atoms with van der Waals surface area (Å²) in [5.41, 5.74) is 0.164. The highest BCUT2D eigenvalue weighted by molar-refractivity contribution is 7.99. The summed E-state index contributed by atoms with van der Waals surface area (Å²) in [4.78, 5) is 22.5. The Labute approximate surface area is 185 Å². The molecule has 170 valence electrons. The number of thioether (sulfide) groups is 1. The molecule has 1 saturated carbocycles. The molecule has 0 radical (unpaired) electrons. The first-order valence-electron chi connectivity index (χ1n) is 11.9. The largest absolute Gasteiger partial charge is 0.379 e. The summed E-state index contributed by atoms with van der Waals surface area (Å²) >= 11 is 2.05. The highest BCUT2D eigenvalue weighted by atomic mass is 32.2. The number of hydrogen-bond donors (Lipinski definition) is 2. The molecule has 0 spiro atoms. The van der Waals surface area contributed by atoms with Gasteiger partial charge in [0.1, 0.15) is 0 Å². The third kappa shape index (κ3) is 5.25. The lowest BCUT2D eigenvalue weighted by Gasteiger charge is -2.42. The van der Waals surface area contributed by atoms with Crippen molar-refractivity contribution in [3.63, 3.8) is 0 Å². The lowest BCUT2D eigenvalue weighted by atomic mass is 9.96. The minimum absolute atomic E-state index is 0.164. The van der Waals surface area contributed by atoms with Crippen LogP contribution in [0.15, 0.2) is 4.99 Å². The summed E-state index contributed by atoms with van der Waals surface area (Å²) < 4.78 is 5.58. The van der Waals surface area contributed by atoms with Crippen molar-refractivity contribution >= 4 is 23.6 Å². The van der Waals surface area contributed by atoms with Gasteiger partial charge >= 0.3 is 0 Å². The van der Waals surface area contributed by atoms with Gasteiger partial charge in [-0.05, 0) is 38.4 Å². The molecule has 0 aromatic carbocycles. The zero-order valence-corrected chi connectivity index (χ0v) is 19.4. The van der Waals surface area contributed by atoms with Crippen molar-refractivity contribution in [3.8, 4) is 0 Å². The Balaban J connectivity index is 1.34. The van der Waals surface area contributed by atoms with Crippen LogP contribution < -0.4 is 10.6 Å². The number of nitrogens with zero attached hydrogens (tertiary/aromatic N) is 3. The zero-order chi connectivity index (χ0) is 20.8. The van der Waals surface area contributed by atoms with E-state index < -0.39 is 0 Å². The molecule has 30 heavy (non-hydrogen) atoms. The smallest absolute Gasteiger partial charge is 0.225 e. The van der Waals surface area contributed by atoms with E-state index in [0.29, 0.717) is 11.9 Å². The molecule has 7 nitrogen and oxygen atoms in total. The number of ether oxygens (including phenoxy) is 1. The van der Waals surface area contributed by atoms with Crippen LogP contribution in [0.1, 0.15) is 45.4 Å². The van der Waals surface area contributed by atoms with Crippen molar-refractivity contribution in [2.45, 2.75) is 57.0 Å². The van der Waals surface area contributed by atoms with Gasteiger partial charge in [-0.25, -0.2) is 0 Å². The van der Waals surface area contributed by atoms with Crippen LogP contribution in [0.2, 0.25) is 0 Å². The molecule has 4 rings (SSSR count). The topological polar surface area (TPSA) is 69.2 Å². The molecule has 3 aliphatic heterocycles. The average molecular weight is 438 g/mol. The molecule has 0 aromatic rings. The van der Waals surface area contributed by atoms with E-state index in [9.17, 15) is 4.79 Å². The van der Waals surface area contributed by atoms with Crippen molar-refractivity contribution in [3.05, 3.63) is 0 Å². The number of guanidine groups is 1. The number of hydrogen-bond acceptors (Lipinski definition) is 5. The molecule has 3 saturated heterocycles.